The van der Waals surface area contributed by atoms with Crippen molar-refractivity contribution in [2.45, 2.75) is 0 Å². The molecule has 7 nitrogen and oxygen atoms in total. The van der Waals surface area contributed by atoms with Crippen molar-refractivity contribution in [3.05, 3.63) is 58.1 Å². The van der Waals surface area contributed by atoms with Gasteiger partial charge in [-0.2, -0.15) is 0 Å². The SMILES string of the molecule is C#CCOc1c(Br)cc(/C=C2\C(=O)NC(=O)N(c3ccccc3)C2=O)cc1OC. The number of methoxy groups -OCH3 is 1. The number of hydrogen-bond donors (Lipinski definition) is 1. The molecule has 0 atom stereocenters. The fourth-order valence-corrected chi connectivity index (χ4v) is 3.29. The predicted octanol–water partition coefficient (Wildman–Crippen LogP) is 3.14. The summed E-state index contributed by atoms with van der Waals surface area (Å²) in [7, 11) is 1.45. The first-order valence-corrected chi connectivity index (χ1v) is 9.16. The quantitative estimate of drug-likeness (QED) is 0.426. The number of carbonyl (C=O) groups is 3. The van der Waals surface area contributed by atoms with Crippen molar-refractivity contribution in [1.29, 1.82) is 0 Å². The minimum absolute atomic E-state index is 0.0461. The zero-order chi connectivity index (χ0) is 21.0. The number of rotatable bonds is 5. The van der Waals surface area contributed by atoms with E-state index < -0.39 is 17.8 Å². The number of benzene rings is 2. The lowest BCUT2D eigenvalue weighted by molar-refractivity contribution is -0.122. The Balaban J connectivity index is 2.01. The molecule has 1 aliphatic rings. The highest BCUT2D eigenvalue weighted by molar-refractivity contribution is 9.10. The molecule has 2 aromatic rings. The number of hydrogen-bond acceptors (Lipinski definition) is 5. The van der Waals surface area contributed by atoms with Crippen LogP contribution in [0.5, 0.6) is 11.5 Å². The molecule has 146 valence electrons. The Morgan fingerprint density at radius 2 is 1.93 bits per heavy atom. The van der Waals surface area contributed by atoms with Gasteiger partial charge in [0.05, 0.1) is 17.3 Å². The van der Waals surface area contributed by atoms with E-state index in [1.165, 1.54) is 13.2 Å². The Morgan fingerprint density at radius 1 is 1.21 bits per heavy atom. The van der Waals surface area contributed by atoms with Crippen LogP contribution in [0.1, 0.15) is 5.56 Å². The van der Waals surface area contributed by atoms with E-state index in [-0.39, 0.29) is 12.2 Å². The first kappa shape index (κ1) is 20.2. The van der Waals surface area contributed by atoms with E-state index in [0.29, 0.717) is 27.2 Å². The molecule has 1 heterocycles. The molecule has 1 aliphatic heterocycles. The fraction of sp³-hybridized carbons (Fsp3) is 0.0952. The number of para-hydroxylation sites is 1. The highest BCUT2D eigenvalue weighted by Crippen LogP contribution is 2.37. The molecule has 0 aromatic heterocycles. The molecule has 0 radical (unpaired) electrons. The summed E-state index contributed by atoms with van der Waals surface area (Å²) >= 11 is 3.37. The Kier molecular flexibility index (Phi) is 6.00. The molecule has 3 rings (SSSR count). The number of anilines is 1. The standard InChI is InChI=1S/C21H15BrN2O5/c1-3-9-29-18-16(22)11-13(12-17(18)28-2)10-15-19(25)23-21(27)24(20(15)26)14-7-5-4-6-8-14/h1,4-8,10-12H,9H2,2H3,(H,23,25,27)/b15-10+. The predicted molar refractivity (Wildman–Crippen MR) is 110 cm³/mol. The molecule has 1 N–H and O–H groups in total. The van der Waals surface area contributed by atoms with Crippen LogP contribution in [-0.4, -0.2) is 31.6 Å². The maximum Gasteiger partial charge on any atom is 0.335 e. The van der Waals surface area contributed by atoms with E-state index in [2.05, 4.69) is 27.2 Å². The summed E-state index contributed by atoms with van der Waals surface area (Å²) in [6.07, 6.45) is 6.59. The maximum absolute atomic E-state index is 12.9. The van der Waals surface area contributed by atoms with Crippen LogP contribution in [0, 0.1) is 12.3 Å². The third kappa shape index (κ3) is 4.15. The van der Waals surface area contributed by atoms with Crippen molar-refractivity contribution in [3.8, 4) is 23.8 Å². The topological polar surface area (TPSA) is 84.9 Å². The first-order chi connectivity index (χ1) is 14.0. The van der Waals surface area contributed by atoms with Gasteiger partial charge in [0.15, 0.2) is 11.5 Å². The second-order valence-corrected chi connectivity index (χ2v) is 6.67. The molecule has 0 unspecified atom stereocenters. The smallest absolute Gasteiger partial charge is 0.335 e. The van der Waals surface area contributed by atoms with Gasteiger partial charge >= 0.3 is 6.03 Å². The van der Waals surface area contributed by atoms with Crippen LogP contribution in [0.25, 0.3) is 6.08 Å². The molecule has 0 aliphatic carbocycles. The van der Waals surface area contributed by atoms with E-state index >= 15 is 0 Å². The molecule has 0 bridgehead atoms. The number of terminal acetylenes is 1. The maximum atomic E-state index is 12.9. The average Bonchev–Trinajstić information content (AvgIpc) is 2.70. The molecule has 4 amide bonds. The van der Waals surface area contributed by atoms with Crippen LogP contribution >= 0.6 is 15.9 Å². The Morgan fingerprint density at radius 3 is 2.59 bits per heavy atom. The first-order valence-electron chi connectivity index (χ1n) is 8.36. The van der Waals surface area contributed by atoms with Gasteiger partial charge in [-0.25, -0.2) is 9.69 Å². The van der Waals surface area contributed by atoms with Gasteiger partial charge in [0.25, 0.3) is 11.8 Å². The minimum Gasteiger partial charge on any atom is -0.493 e. The summed E-state index contributed by atoms with van der Waals surface area (Å²) in [6.45, 7) is 0.0461. The average molecular weight is 455 g/mol. The van der Waals surface area contributed by atoms with Crippen LogP contribution in [-0.2, 0) is 9.59 Å². The van der Waals surface area contributed by atoms with Gasteiger partial charge < -0.3 is 9.47 Å². The lowest BCUT2D eigenvalue weighted by Crippen LogP contribution is -2.54. The number of nitrogens with zero attached hydrogens (tertiary/aromatic N) is 1. The van der Waals surface area contributed by atoms with Crippen molar-refractivity contribution < 1.29 is 23.9 Å². The summed E-state index contributed by atoms with van der Waals surface area (Å²) < 4.78 is 11.3. The number of amides is 4. The summed E-state index contributed by atoms with van der Waals surface area (Å²) in [5.74, 6) is 1.61. The van der Waals surface area contributed by atoms with Crippen LogP contribution in [0.4, 0.5) is 10.5 Å². The molecular formula is C21H15BrN2O5. The van der Waals surface area contributed by atoms with Crippen molar-refractivity contribution >= 4 is 45.5 Å². The lowest BCUT2D eigenvalue weighted by Gasteiger charge is -2.26. The lowest BCUT2D eigenvalue weighted by atomic mass is 10.1. The molecule has 29 heavy (non-hydrogen) atoms. The number of halogens is 1. The number of ether oxygens (including phenoxy) is 2. The van der Waals surface area contributed by atoms with Gasteiger partial charge in [0.2, 0.25) is 0 Å². The Labute approximate surface area is 175 Å². The van der Waals surface area contributed by atoms with Gasteiger partial charge in [-0.3, -0.25) is 14.9 Å². The normalized spacial score (nSPS) is 15.1. The monoisotopic (exact) mass is 454 g/mol. The Bertz CT molecular complexity index is 1060. The number of carbonyl (C=O) groups excluding carboxylic acids is 3. The number of nitrogens with one attached hydrogen (secondary N) is 1. The molecule has 8 heteroatoms. The van der Waals surface area contributed by atoms with Crippen molar-refractivity contribution in [1.82, 2.24) is 5.32 Å². The summed E-state index contributed by atoms with van der Waals surface area (Å²) in [5, 5.41) is 2.18. The second kappa shape index (κ2) is 8.63. The van der Waals surface area contributed by atoms with Gasteiger partial charge in [0, 0.05) is 0 Å². The number of imide groups is 2. The molecule has 1 fully saturated rings. The van der Waals surface area contributed by atoms with E-state index in [9.17, 15) is 14.4 Å². The highest BCUT2D eigenvalue weighted by Gasteiger charge is 2.36. The summed E-state index contributed by atoms with van der Waals surface area (Å²) in [6, 6.07) is 10.8. The molecule has 0 saturated carbocycles. The number of barbiturate groups is 1. The van der Waals surface area contributed by atoms with Crippen LogP contribution in [0.15, 0.2) is 52.5 Å². The zero-order valence-corrected chi connectivity index (χ0v) is 16.9. The van der Waals surface area contributed by atoms with Gasteiger partial charge in [-0.15, -0.1) is 6.42 Å². The summed E-state index contributed by atoms with van der Waals surface area (Å²) in [5.41, 5.74) is 0.646. The van der Waals surface area contributed by atoms with Gasteiger partial charge in [-0.05, 0) is 51.8 Å². The fourth-order valence-electron chi connectivity index (χ4n) is 2.71. The van der Waals surface area contributed by atoms with Crippen molar-refractivity contribution in [3.63, 3.8) is 0 Å². The van der Waals surface area contributed by atoms with E-state index in [1.54, 1.807) is 42.5 Å². The van der Waals surface area contributed by atoms with E-state index in [0.717, 1.165) is 4.90 Å². The van der Waals surface area contributed by atoms with Gasteiger partial charge in [-0.1, -0.05) is 24.1 Å². The Hall–Kier alpha value is -3.57. The number of urea groups is 1. The van der Waals surface area contributed by atoms with Crippen LogP contribution in [0.2, 0.25) is 0 Å². The van der Waals surface area contributed by atoms with Crippen LogP contribution < -0.4 is 19.7 Å². The molecule has 0 spiro atoms. The van der Waals surface area contributed by atoms with E-state index in [4.69, 9.17) is 15.9 Å². The van der Waals surface area contributed by atoms with Crippen molar-refractivity contribution in [2.24, 2.45) is 0 Å². The van der Waals surface area contributed by atoms with Crippen LogP contribution in [0.3, 0.4) is 0 Å². The molecular weight excluding hydrogens is 440 g/mol. The largest absolute Gasteiger partial charge is 0.493 e. The summed E-state index contributed by atoms with van der Waals surface area (Å²) in [4.78, 5) is 38.3. The zero-order valence-electron chi connectivity index (χ0n) is 15.3. The minimum atomic E-state index is -0.805. The molecule has 1 saturated heterocycles. The second-order valence-electron chi connectivity index (χ2n) is 5.82. The van der Waals surface area contributed by atoms with E-state index in [1.807, 2.05) is 0 Å². The highest BCUT2D eigenvalue weighted by atomic mass is 79.9. The van der Waals surface area contributed by atoms with Crippen molar-refractivity contribution in [2.75, 3.05) is 18.6 Å². The third-order valence-electron chi connectivity index (χ3n) is 3.98. The molecule has 2 aromatic carbocycles. The van der Waals surface area contributed by atoms with Gasteiger partial charge in [0.1, 0.15) is 12.2 Å². The third-order valence-corrected chi connectivity index (χ3v) is 4.57.